The summed E-state index contributed by atoms with van der Waals surface area (Å²) in [5.74, 6) is -0.572. The van der Waals surface area contributed by atoms with E-state index in [0.717, 1.165) is 0 Å². The van der Waals surface area contributed by atoms with Gasteiger partial charge in [0.15, 0.2) is 0 Å². The van der Waals surface area contributed by atoms with E-state index in [2.05, 4.69) is 4.98 Å². The topological polar surface area (TPSA) is 109 Å². The number of rotatable bonds is 3. The van der Waals surface area contributed by atoms with Crippen molar-refractivity contribution in [2.45, 2.75) is 39.3 Å². The van der Waals surface area contributed by atoms with Crippen LogP contribution in [0.25, 0.3) is 0 Å². The van der Waals surface area contributed by atoms with Gasteiger partial charge < -0.3 is 19.5 Å². The number of hydrogen-bond donors (Lipinski definition) is 1. The predicted molar refractivity (Wildman–Crippen MR) is 95.5 cm³/mol. The molecule has 27 heavy (non-hydrogen) atoms. The Kier molecular flexibility index (Phi) is 6.24. The van der Waals surface area contributed by atoms with Crippen LogP contribution in [0.4, 0.5) is 9.59 Å². The van der Waals surface area contributed by atoms with Crippen LogP contribution in [0.5, 0.6) is 0 Å². The third-order valence-corrected chi connectivity index (χ3v) is 3.93. The average molecular weight is 379 g/mol. The lowest BCUT2D eigenvalue weighted by atomic mass is 10.0. The molecule has 2 heterocycles. The van der Waals surface area contributed by atoms with Gasteiger partial charge in [-0.25, -0.2) is 14.4 Å². The van der Waals surface area contributed by atoms with Gasteiger partial charge in [-0.05, 0) is 39.8 Å². The second-order valence-corrected chi connectivity index (χ2v) is 7.07. The number of ether oxygens (including phenoxy) is 2. The Hall–Kier alpha value is -2.84. The molecule has 9 nitrogen and oxygen atoms in total. The molecule has 1 unspecified atom stereocenters. The van der Waals surface area contributed by atoms with Crippen molar-refractivity contribution < 1.29 is 29.0 Å². The lowest BCUT2D eigenvalue weighted by Crippen LogP contribution is -2.53. The van der Waals surface area contributed by atoms with E-state index >= 15 is 0 Å². The summed E-state index contributed by atoms with van der Waals surface area (Å²) in [4.78, 5) is 43.3. The zero-order valence-corrected chi connectivity index (χ0v) is 16.0. The number of amides is 2. The molecule has 9 heteroatoms. The summed E-state index contributed by atoms with van der Waals surface area (Å²) in [6.07, 6.45) is -0.194. The summed E-state index contributed by atoms with van der Waals surface area (Å²) in [6, 6.07) is 2.38. The molecule has 1 aromatic rings. The Bertz CT molecular complexity index is 715. The molecule has 1 atom stereocenters. The van der Waals surface area contributed by atoms with Crippen molar-refractivity contribution in [2.75, 3.05) is 26.2 Å². The van der Waals surface area contributed by atoms with Gasteiger partial charge >= 0.3 is 18.2 Å². The van der Waals surface area contributed by atoms with E-state index in [0.29, 0.717) is 0 Å². The van der Waals surface area contributed by atoms with Crippen LogP contribution in [0.1, 0.15) is 49.8 Å². The average Bonchev–Trinajstić information content (AvgIpc) is 2.60. The Labute approximate surface area is 157 Å². The van der Waals surface area contributed by atoms with Crippen LogP contribution >= 0.6 is 0 Å². The standard InChI is InChI=1S/C18H25N3O6/c1-5-26-15(22)12-7-6-8-19-14(12)13-11-20(16(23)24)9-10-21(13)17(25)27-18(2,3)4/h6-8,13H,5,9-11H2,1-4H3,(H,23,24). The van der Waals surface area contributed by atoms with Gasteiger partial charge in [-0.1, -0.05) is 0 Å². The quantitative estimate of drug-likeness (QED) is 0.804. The van der Waals surface area contributed by atoms with E-state index in [1.165, 1.54) is 16.0 Å². The number of carboxylic acid groups (broad SMARTS) is 1. The zero-order chi connectivity index (χ0) is 20.2. The first kappa shape index (κ1) is 20.5. The number of pyridine rings is 1. The fourth-order valence-corrected chi connectivity index (χ4v) is 2.79. The minimum atomic E-state index is -1.10. The highest BCUT2D eigenvalue weighted by Gasteiger charge is 2.38. The fraction of sp³-hybridized carbons (Fsp3) is 0.556. The van der Waals surface area contributed by atoms with Crippen molar-refractivity contribution in [1.82, 2.24) is 14.8 Å². The summed E-state index contributed by atoms with van der Waals surface area (Å²) in [5.41, 5.74) is -0.225. The molecule has 2 rings (SSSR count). The van der Waals surface area contributed by atoms with E-state index in [9.17, 15) is 19.5 Å². The van der Waals surface area contributed by atoms with Crippen LogP contribution < -0.4 is 0 Å². The molecule has 1 fully saturated rings. The maximum Gasteiger partial charge on any atom is 0.410 e. The predicted octanol–water partition coefficient (Wildman–Crippen LogP) is 2.53. The summed E-state index contributed by atoms with van der Waals surface area (Å²) < 4.78 is 10.5. The van der Waals surface area contributed by atoms with Crippen molar-refractivity contribution in [1.29, 1.82) is 0 Å². The van der Waals surface area contributed by atoms with Crippen LogP contribution in [0, 0.1) is 0 Å². The molecule has 0 aliphatic carbocycles. The number of carbonyl (C=O) groups excluding carboxylic acids is 2. The first-order valence-electron chi connectivity index (χ1n) is 8.73. The van der Waals surface area contributed by atoms with Crippen molar-refractivity contribution in [3.8, 4) is 0 Å². The SMILES string of the molecule is CCOC(=O)c1cccnc1C1CN(C(=O)O)CCN1C(=O)OC(C)(C)C. The summed E-state index contributed by atoms with van der Waals surface area (Å²) >= 11 is 0. The molecule has 1 aromatic heterocycles. The second kappa shape index (κ2) is 8.24. The van der Waals surface area contributed by atoms with Crippen LogP contribution in [-0.2, 0) is 9.47 Å². The highest BCUT2D eigenvalue weighted by Crippen LogP contribution is 2.28. The number of esters is 1. The summed E-state index contributed by atoms with van der Waals surface area (Å²) in [5, 5.41) is 9.36. The monoisotopic (exact) mass is 379 g/mol. The third-order valence-electron chi connectivity index (χ3n) is 3.93. The van der Waals surface area contributed by atoms with E-state index < -0.39 is 29.8 Å². The Balaban J connectivity index is 2.41. The van der Waals surface area contributed by atoms with Crippen molar-refractivity contribution >= 4 is 18.2 Å². The van der Waals surface area contributed by atoms with Gasteiger partial charge in [0.2, 0.25) is 0 Å². The number of piperazine rings is 1. The fourth-order valence-electron chi connectivity index (χ4n) is 2.79. The molecule has 0 aromatic carbocycles. The Morgan fingerprint density at radius 1 is 1.30 bits per heavy atom. The minimum absolute atomic E-state index is 0.0159. The van der Waals surface area contributed by atoms with E-state index in [4.69, 9.17) is 9.47 Å². The Morgan fingerprint density at radius 2 is 2.00 bits per heavy atom. The van der Waals surface area contributed by atoms with Gasteiger partial charge in [-0.2, -0.15) is 0 Å². The molecule has 1 N–H and O–H groups in total. The first-order valence-corrected chi connectivity index (χ1v) is 8.73. The Morgan fingerprint density at radius 3 is 2.59 bits per heavy atom. The molecule has 1 saturated heterocycles. The van der Waals surface area contributed by atoms with Gasteiger partial charge in [0.25, 0.3) is 0 Å². The molecule has 2 amide bonds. The van der Waals surface area contributed by atoms with Crippen LogP contribution in [0.2, 0.25) is 0 Å². The highest BCUT2D eigenvalue weighted by molar-refractivity contribution is 5.91. The van der Waals surface area contributed by atoms with Gasteiger partial charge in [0, 0.05) is 19.3 Å². The maximum atomic E-state index is 12.7. The number of carbonyl (C=O) groups is 3. The van der Waals surface area contributed by atoms with Gasteiger partial charge in [-0.15, -0.1) is 0 Å². The zero-order valence-electron chi connectivity index (χ0n) is 16.0. The molecule has 0 spiro atoms. The van der Waals surface area contributed by atoms with Crippen LogP contribution in [-0.4, -0.2) is 69.9 Å². The molecule has 1 aliphatic heterocycles. The maximum absolute atomic E-state index is 12.7. The first-order chi connectivity index (χ1) is 12.6. The van der Waals surface area contributed by atoms with Gasteiger partial charge in [0.1, 0.15) is 5.60 Å². The number of nitrogens with zero attached hydrogens (tertiary/aromatic N) is 3. The number of aromatic nitrogens is 1. The minimum Gasteiger partial charge on any atom is -0.465 e. The van der Waals surface area contributed by atoms with Crippen LogP contribution in [0.15, 0.2) is 18.3 Å². The van der Waals surface area contributed by atoms with Gasteiger partial charge in [-0.3, -0.25) is 9.88 Å². The van der Waals surface area contributed by atoms with E-state index in [-0.39, 0.29) is 37.5 Å². The smallest absolute Gasteiger partial charge is 0.410 e. The molecule has 0 bridgehead atoms. The molecule has 148 valence electrons. The van der Waals surface area contributed by atoms with E-state index in [1.807, 2.05) is 0 Å². The number of hydrogen-bond acceptors (Lipinski definition) is 6. The van der Waals surface area contributed by atoms with Crippen molar-refractivity contribution in [3.63, 3.8) is 0 Å². The normalized spacial score (nSPS) is 17.4. The van der Waals surface area contributed by atoms with Gasteiger partial charge in [0.05, 0.1) is 30.5 Å². The lowest BCUT2D eigenvalue weighted by Gasteiger charge is -2.40. The molecular weight excluding hydrogens is 354 g/mol. The van der Waals surface area contributed by atoms with E-state index in [1.54, 1.807) is 39.8 Å². The third kappa shape index (κ3) is 5.08. The second-order valence-electron chi connectivity index (χ2n) is 7.07. The highest BCUT2D eigenvalue weighted by atomic mass is 16.6. The molecule has 0 radical (unpaired) electrons. The molecular formula is C18H25N3O6. The lowest BCUT2D eigenvalue weighted by molar-refractivity contribution is -0.00162. The van der Waals surface area contributed by atoms with Crippen LogP contribution in [0.3, 0.4) is 0 Å². The van der Waals surface area contributed by atoms with Crippen molar-refractivity contribution in [3.05, 3.63) is 29.6 Å². The largest absolute Gasteiger partial charge is 0.465 e. The molecule has 1 aliphatic rings. The van der Waals surface area contributed by atoms with Crippen molar-refractivity contribution in [2.24, 2.45) is 0 Å². The molecule has 0 saturated carbocycles. The summed E-state index contributed by atoms with van der Waals surface area (Å²) in [7, 11) is 0. The summed E-state index contributed by atoms with van der Waals surface area (Å²) in [6.45, 7) is 7.38.